The lowest BCUT2D eigenvalue weighted by Crippen LogP contribution is -2.47. The van der Waals surface area contributed by atoms with E-state index in [9.17, 15) is 4.79 Å². The van der Waals surface area contributed by atoms with Gasteiger partial charge in [-0.15, -0.1) is 0 Å². The predicted octanol–water partition coefficient (Wildman–Crippen LogP) is 4.38. The average Bonchev–Trinajstić information content (AvgIpc) is 2.85. The molecule has 2 fully saturated rings. The Hall–Kier alpha value is -2.84. The summed E-state index contributed by atoms with van der Waals surface area (Å²) in [6, 6.07) is 21.9. The van der Waals surface area contributed by atoms with Crippen molar-refractivity contribution >= 4 is 11.6 Å². The molecule has 1 amide bonds. The van der Waals surface area contributed by atoms with Gasteiger partial charge in [-0.3, -0.25) is 9.69 Å². The lowest BCUT2D eigenvalue weighted by molar-refractivity contribution is -0.121. The molecule has 0 spiro atoms. The smallest absolute Gasteiger partial charge is 0.234 e. The van der Waals surface area contributed by atoms with Crippen molar-refractivity contribution < 1.29 is 4.79 Å². The van der Waals surface area contributed by atoms with Crippen LogP contribution in [0, 0.1) is 17.2 Å². The highest BCUT2D eigenvalue weighted by Gasteiger charge is 2.24. The minimum Gasteiger partial charge on any atom is -0.369 e. The van der Waals surface area contributed by atoms with Gasteiger partial charge in [-0.2, -0.15) is 5.26 Å². The van der Waals surface area contributed by atoms with Gasteiger partial charge in [0.2, 0.25) is 5.91 Å². The molecule has 4 rings (SSSR count). The first-order valence-electron chi connectivity index (χ1n) is 12.5. The number of amides is 1. The Morgan fingerprint density at radius 1 is 0.939 bits per heavy atom. The van der Waals surface area contributed by atoms with E-state index in [1.54, 1.807) is 0 Å². The van der Waals surface area contributed by atoms with Crippen LogP contribution in [0.3, 0.4) is 0 Å². The van der Waals surface area contributed by atoms with Crippen LogP contribution in [0.15, 0.2) is 54.6 Å². The number of nitriles is 1. The van der Waals surface area contributed by atoms with Crippen LogP contribution in [0.2, 0.25) is 0 Å². The van der Waals surface area contributed by atoms with Gasteiger partial charge in [0.1, 0.15) is 6.42 Å². The van der Waals surface area contributed by atoms with Crippen molar-refractivity contribution in [2.45, 2.75) is 51.0 Å². The topological polar surface area (TPSA) is 59.4 Å². The van der Waals surface area contributed by atoms with Crippen molar-refractivity contribution in [3.05, 3.63) is 65.7 Å². The fourth-order valence-corrected chi connectivity index (χ4v) is 5.24. The molecular formula is C28H36N4O. The van der Waals surface area contributed by atoms with E-state index >= 15 is 0 Å². The van der Waals surface area contributed by atoms with Crippen LogP contribution in [0.5, 0.6) is 0 Å². The monoisotopic (exact) mass is 444 g/mol. The zero-order valence-corrected chi connectivity index (χ0v) is 19.6. The second-order valence-corrected chi connectivity index (χ2v) is 9.57. The van der Waals surface area contributed by atoms with Gasteiger partial charge < -0.3 is 10.2 Å². The van der Waals surface area contributed by atoms with Crippen LogP contribution in [-0.4, -0.2) is 49.6 Å². The molecule has 1 aliphatic heterocycles. The van der Waals surface area contributed by atoms with E-state index in [2.05, 4.69) is 69.7 Å². The first-order valence-corrected chi connectivity index (χ1v) is 12.5. The highest BCUT2D eigenvalue weighted by molar-refractivity contribution is 5.78. The standard InChI is InChI=1S/C28H36N4O/c29-15-13-28(33)30-26-11-9-23(10-12-26)14-16-31-17-19-32(20-18-31)27-8-4-7-25(22-27)21-24-5-2-1-3-6-24/h1-8,22-23,26H,9-14,16-21H2,(H,30,33)/t23-,26-. The first-order chi connectivity index (χ1) is 16.2. The van der Waals surface area contributed by atoms with E-state index in [0.29, 0.717) is 0 Å². The molecule has 1 saturated carbocycles. The number of anilines is 1. The first kappa shape index (κ1) is 23.3. The number of hydrogen-bond donors (Lipinski definition) is 1. The van der Waals surface area contributed by atoms with E-state index in [-0.39, 0.29) is 18.4 Å². The maximum Gasteiger partial charge on any atom is 0.234 e. The van der Waals surface area contributed by atoms with Crippen molar-refractivity contribution in [3.8, 4) is 6.07 Å². The van der Waals surface area contributed by atoms with E-state index in [1.165, 1.54) is 42.6 Å². The largest absolute Gasteiger partial charge is 0.369 e. The highest BCUT2D eigenvalue weighted by Crippen LogP contribution is 2.27. The number of carbonyl (C=O) groups excluding carboxylic acids is 1. The van der Waals surface area contributed by atoms with Gasteiger partial charge in [-0.1, -0.05) is 42.5 Å². The average molecular weight is 445 g/mol. The zero-order chi connectivity index (χ0) is 22.9. The van der Waals surface area contributed by atoms with Crippen LogP contribution >= 0.6 is 0 Å². The molecule has 2 aliphatic rings. The third-order valence-electron chi connectivity index (χ3n) is 7.20. The number of nitrogens with zero attached hydrogens (tertiary/aromatic N) is 3. The quantitative estimate of drug-likeness (QED) is 0.657. The lowest BCUT2D eigenvalue weighted by Gasteiger charge is -2.37. The summed E-state index contributed by atoms with van der Waals surface area (Å²) >= 11 is 0. The summed E-state index contributed by atoms with van der Waals surface area (Å²) < 4.78 is 0. The molecule has 0 unspecified atom stereocenters. The van der Waals surface area contributed by atoms with Crippen LogP contribution < -0.4 is 10.2 Å². The third kappa shape index (κ3) is 7.07. The Kier molecular flexibility index (Phi) is 8.38. The number of carbonyl (C=O) groups is 1. The minimum atomic E-state index is -0.121. The molecule has 1 N–H and O–H groups in total. The Balaban J connectivity index is 1.17. The van der Waals surface area contributed by atoms with E-state index in [1.807, 2.05) is 6.07 Å². The van der Waals surface area contributed by atoms with Crippen LogP contribution in [-0.2, 0) is 11.2 Å². The fourth-order valence-electron chi connectivity index (χ4n) is 5.24. The second kappa shape index (κ2) is 11.9. The minimum absolute atomic E-state index is 0.0246. The molecule has 0 aromatic heterocycles. The zero-order valence-electron chi connectivity index (χ0n) is 19.6. The van der Waals surface area contributed by atoms with Crippen LogP contribution in [0.1, 0.15) is 49.7 Å². The molecule has 5 heteroatoms. The van der Waals surface area contributed by atoms with E-state index < -0.39 is 0 Å². The summed E-state index contributed by atoms with van der Waals surface area (Å²) in [7, 11) is 0. The number of benzene rings is 2. The summed E-state index contributed by atoms with van der Waals surface area (Å²) in [6.07, 6.45) is 6.69. The molecule has 1 saturated heterocycles. The van der Waals surface area contributed by atoms with Crippen LogP contribution in [0.4, 0.5) is 5.69 Å². The van der Waals surface area contributed by atoms with Crippen molar-refractivity contribution in [2.75, 3.05) is 37.6 Å². The van der Waals surface area contributed by atoms with Gasteiger partial charge in [0, 0.05) is 37.9 Å². The molecule has 0 bridgehead atoms. The summed E-state index contributed by atoms with van der Waals surface area (Å²) in [5, 5.41) is 11.6. The Labute approximate surface area is 198 Å². The molecule has 0 atom stereocenters. The summed E-state index contributed by atoms with van der Waals surface area (Å²) in [6.45, 7) is 5.61. The second-order valence-electron chi connectivity index (χ2n) is 9.57. The molecule has 33 heavy (non-hydrogen) atoms. The van der Waals surface area contributed by atoms with Gasteiger partial charge in [0.15, 0.2) is 0 Å². The van der Waals surface area contributed by atoms with Crippen molar-refractivity contribution in [3.63, 3.8) is 0 Å². The van der Waals surface area contributed by atoms with Gasteiger partial charge in [-0.05, 0) is 74.2 Å². The highest BCUT2D eigenvalue weighted by atomic mass is 16.1. The maximum absolute atomic E-state index is 11.6. The van der Waals surface area contributed by atoms with Gasteiger partial charge in [0.25, 0.3) is 0 Å². The Morgan fingerprint density at radius 2 is 1.67 bits per heavy atom. The number of hydrogen-bond acceptors (Lipinski definition) is 4. The molecule has 174 valence electrons. The van der Waals surface area contributed by atoms with Crippen LogP contribution in [0.25, 0.3) is 0 Å². The van der Waals surface area contributed by atoms with E-state index in [4.69, 9.17) is 5.26 Å². The Morgan fingerprint density at radius 3 is 2.39 bits per heavy atom. The van der Waals surface area contributed by atoms with Gasteiger partial charge in [0.05, 0.1) is 6.07 Å². The molecule has 2 aromatic rings. The summed E-state index contributed by atoms with van der Waals surface area (Å²) in [4.78, 5) is 16.8. The third-order valence-corrected chi connectivity index (χ3v) is 7.20. The number of rotatable bonds is 8. The van der Waals surface area contributed by atoms with Crippen molar-refractivity contribution in [1.29, 1.82) is 5.26 Å². The molecule has 2 aromatic carbocycles. The van der Waals surface area contributed by atoms with E-state index in [0.717, 1.165) is 51.4 Å². The number of piperazine rings is 1. The fraction of sp³-hybridized carbons (Fsp3) is 0.500. The Bertz CT molecular complexity index is 922. The maximum atomic E-state index is 11.6. The summed E-state index contributed by atoms with van der Waals surface area (Å²) in [5.74, 6) is 0.645. The lowest BCUT2D eigenvalue weighted by atomic mass is 9.84. The predicted molar refractivity (Wildman–Crippen MR) is 133 cm³/mol. The van der Waals surface area contributed by atoms with Crippen molar-refractivity contribution in [1.82, 2.24) is 10.2 Å². The molecule has 1 heterocycles. The van der Waals surface area contributed by atoms with Gasteiger partial charge >= 0.3 is 0 Å². The molecule has 1 aliphatic carbocycles. The normalized spacial score (nSPS) is 21.4. The van der Waals surface area contributed by atoms with Crippen molar-refractivity contribution in [2.24, 2.45) is 5.92 Å². The SMILES string of the molecule is N#CCC(=O)N[C@H]1CC[C@H](CCN2CCN(c3cccc(Cc4ccccc4)c3)CC2)CC1. The molecular weight excluding hydrogens is 408 g/mol. The molecule has 5 nitrogen and oxygen atoms in total. The summed E-state index contributed by atoms with van der Waals surface area (Å²) in [5.41, 5.74) is 4.08. The molecule has 0 radical (unpaired) electrons. The number of nitrogens with one attached hydrogen (secondary N) is 1. The van der Waals surface area contributed by atoms with Gasteiger partial charge in [-0.25, -0.2) is 0 Å².